The first-order valence-corrected chi connectivity index (χ1v) is 7.65. The van der Waals surface area contributed by atoms with Gasteiger partial charge in [0.05, 0.1) is 27.5 Å². The van der Waals surface area contributed by atoms with E-state index >= 15 is 0 Å². The predicted molar refractivity (Wildman–Crippen MR) is 82.9 cm³/mol. The van der Waals surface area contributed by atoms with Gasteiger partial charge in [0, 0.05) is 6.07 Å². The lowest BCUT2D eigenvalue weighted by atomic mass is 10.2. The molecule has 1 atom stereocenters. The molecule has 106 valence electrons. The second kappa shape index (κ2) is 4.86. The monoisotopic (exact) mass is 320 g/mol. The van der Waals surface area contributed by atoms with Gasteiger partial charge in [-0.2, -0.15) is 0 Å². The van der Waals surface area contributed by atoms with Gasteiger partial charge < -0.3 is 10.1 Å². The number of anilines is 1. The Kier molecular flexibility index (Phi) is 2.97. The first-order chi connectivity index (χ1) is 10.2. The normalized spacial score (nSPS) is 17.1. The van der Waals surface area contributed by atoms with Crippen LogP contribution in [-0.4, -0.2) is 11.5 Å². The highest BCUT2D eigenvalue weighted by Crippen LogP contribution is 2.41. The van der Waals surface area contributed by atoms with Gasteiger partial charge >= 0.3 is 0 Å². The average molecular weight is 321 g/mol. The third-order valence-electron chi connectivity index (χ3n) is 3.33. The van der Waals surface area contributed by atoms with Gasteiger partial charge in [0.25, 0.3) is 0 Å². The fourth-order valence-corrected chi connectivity index (χ4v) is 3.61. The van der Waals surface area contributed by atoms with Crippen LogP contribution in [0.3, 0.4) is 0 Å². The molecule has 0 bridgehead atoms. The van der Waals surface area contributed by atoms with Crippen LogP contribution in [0.25, 0.3) is 10.2 Å². The van der Waals surface area contributed by atoms with Crippen molar-refractivity contribution in [1.82, 2.24) is 4.98 Å². The summed E-state index contributed by atoms with van der Waals surface area (Å²) in [4.78, 5) is 4.59. The van der Waals surface area contributed by atoms with Crippen LogP contribution in [0.2, 0.25) is 5.02 Å². The molecule has 1 unspecified atom stereocenters. The number of rotatable bonds is 1. The number of hydrogen-bond acceptors (Lipinski definition) is 4. The van der Waals surface area contributed by atoms with Crippen molar-refractivity contribution in [1.29, 1.82) is 0 Å². The van der Waals surface area contributed by atoms with Crippen LogP contribution in [0.15, 0.2) is 36.4 Å². The number of para-hydroxylation sites is 1. The molecule has 0 aliphatic carbocycles. The third kappa shape index (κ3) is 2.22. The van der Waals surface area contributed by atoms with E-state index in [0.717, 1.165) is 15.2 Å². The molecule has 1 N–H and O–H groups in total. The number of nitrogens with one attached hydrogen (secondary N) is 1. The molecule has 0 saturated carbocycles. The minimum absolute atomic E-state index is 0.224. The zero-order chi connectivity index (χ0) is 14.4. The van der Waals surface area contributed by atoms with Crippen molar-refractivity contribution in [2.24, 2.45) is 0 Å². The Bertz CT molecular complexity index is 803. The van der Waals surface area contributed by atoms with E-state index in [-0.39, 0.29) is 16.9 Å². The molecule has 0 fully saturated rings. The lowest BCUT2D eigenvalue weighted by molar-refractivity contribution is 0.210. The smallest absolute Gasteiger partial charge is 0.167 e. The minimum atomic E-state index is -0.381. The van der Waals surface area contributed by atoms with Gasteiger partial charge in [-0.3, -0.25) is 0 Å². The van der Waals surface area contributed by atoms with Gasteiger partial charge in [0.15, 0.2) is 11.9 Å². The summed E-state index contributed by atoms with van der Waals surface area (Å²) in [7, 11) is 0. The van der Waals surface area contributed by atoms with Crippen LogP contribution in [0.5, 0.6) is 5.75 Å². The van der Waals surface area contributed by atoms with E-state index in [1.807, 2.05) is 24.3 Å². The average Bonchev–Trinajstić information content (AvgIpc) is 2.90. The molecule has 1 aliphatic heterocycles. The van der Waals surface area contributed by atoms with Gasteiger partial charge in [0.2, 0.25) is 0 Å². The molecular formula is C15H10ClFN2OS. The van der Waals surface area contributed by atoms with E-state index < -0.39 is 0 Å². The Morgan fingerprint density at radius 3 is 3.05 bits per heavy atom. The minimum Gasteiger partial charge on any atom is -0.478 e. The second-order valence-electron chi connectivity index (χ2n) is 4.77. The van der Waals surface area contributed by atoms with Gasteiger partial charge in [-0.25, -0.2) is 9.37 Å². The van der Waals surface area contributed by atoms with Crippen LogP contribution in [-0.2, 0) is 0 Å². The number of nitrogens with zero attached hydrogens (tertiary/aromatic N) is 1. The summed E-state index contributed by atoms with van der Waals surface area (Å²) in [6.45, 7) is 0.534. The number of aromatic nitrogens is 1. The SMILES string of the molecule is Fc1cc(Cl)c2c(c1)NCC(c1nc3ccccc3s1)O2. The summed E-state index contributed by atoms with van der Waals surface area (Å²) in [6.07, 6.45) is -0.224. The Labute approximate surface area is 129 Å². The number of hydrogen-bond donors (Lipinski definition) is 1. The van der Waals surface area contributed by atoms with Crippen LogP contribution >= 0.6 is 22.9 Å². The molecule has 1 aliphatic rings. The molecule has 21 heavy (non-hydrogen) atoms. The van der Waals surface area contributed by atoms with E-state index in [0.29, 0.717) is 18.0 Å². The Morgan fingerprint density at radius 1 is 1.33 bits per heavy atom. The first-order valence-electron chi connectivity index (χ1n) is 6.46. The molecule has 1 aromatic heterocycles. The summed E-state index contributed by atoms with van der Waals surface area (Å²) < 4.78 is 20.4. The van der Waals surface area contributed by atoms with E-state index in [1.54, 1.807) is 11.3 Å². The van der Waals surface area contributed by atoms with Gasteiger partial charge in [-0.1, -0.05) is 23.7 Å². The summed E-state index contributed by atoms with van der Waals surface area (Å²) in [6, 6.07) is 10.6. The predicted octanol–water partition coefficient (Wildman–Crippen LogP) is 4.63. The molecule has 0 saturated heterocycles. The summed E-state index contributed by atoms with van der Waals surface area (Å²) >= 11 is 7.65. The van der Waals surface area contributed by atoms with E-state index in [2.05, 4.69) is 10.3 Å². The maximum absolute atomic E-state index is 13.3. The number of halogens is 2. The number of thiazole rings is 1. The van der Waals surface area contributed by atoms with Crippen LogP contribution in [0.1, 0.15) is 11.1 Å². The van der Waals surface area contributed by atoms with Crippen LogP contribution in [0.4, 0.5) is 10.1 Å². The van der Waals surface area contributed by atoms with Crippen molar-refractivity contribution in [3.05, 3.63) is 52.2 Å². The van der Waals surface area contributed by atoms with Crippen molar-refractivity contribution >= 4 is 38.8 Å². The van der Waals surface area contributed by atoms with Crippen LogP contribution < -0.4 is 10.1 Å². The van der Waals surface area contributed by atoms with Crippen molar-refractivity contribution in [3.8, 4) is 5.75 Å². The topological polar surface area (TPSA) is 34.2 Å². The summed E-state index contributed by atoms with van der Waals surface area (Å²) in [5.74, 6) is 0.0989. The van der Waals surface area contributed by atoms with E-state index in [9.17, 15) is 4.39 Å². The largest absolute Gasteiger partial charge is 0.478 e. The van der Waals surface area contributed by atoms with Gasteiger partial charge in [-0.15, -0.1) is 11.3 Å². The summed E-state index contributed by atoms with van der Waals surface area (Å²) in [5.41, 5.74) is 1.54. The van der Waals surface area contributed by atoms with Crippen LogP contribution in [0, 0.1) is 5.82 Å². The van der Waals surface area contributed by atoms with E-state index in [4.69, 9.17) is 16.3 Å². The fourth-order valence-electron chi connectivity index (χ4n) is 2.36. The lowest BCUT2D eigenvalue weighted by Gasteiger charge is -2.26. The highest BCUT2D eigenvalue weighted by atomic mass is 35.5. The van der Waals surface area contributed by atoms with Crippen molar-refractivity contribution in [3.63, 3.8) is 0 Å². The van der Waals surface area contributed by atoms with Crippen molar-refractivity contribution in [2.75, 3.05) is 11.9 Å². The molecule has 0 amide bonds. The highest BCUT2D eigenvalue weighted by molar-refractivity contribution is 7.18. The van der Waals surface area contributed by atoms with Crippen molar-refractivity contribution in [2.45, 2.75) is 6.10 Å². The molecule has 3 aromatic rings. The number of ether oxygens (including phenoxy) is 1. The molecular weight excluding hydrogens is 311 g/mol. The molecule has 4 rings (SSSR count). The maximum atomic E-state index is 13.3. The zero-order valence-electron chi connectivity index (χ0n) is 10.8. The molecule has 0 radical (unpaired) electrons. The summed E-state index contributed by atoms with van der Waals surface area (Å²) in [5, 5.41) is 4.31. The lowest BCUT2D eigenvalue weighted by Crippen LogP contribution is -2.23. The highest BCUT2D eigenvalue weighted by Gasteiger charge is 2.26. The van der Waals surface area contributed by atoms with Gasteiger partial charge in [-0.05, 0) is 18.2 Å². The quantitative estimate of drug-likeness (QED) is 0.709. The number of benzene rings is 2. The molecule has 2 heterocycles. The molecule has 2 aromatic carbocycles. The Morgan fingerprint density at radius 2 is 2.19 bits per heavy atom. The number of fused-ring (bicyclic) bond motifs is 2. The standard InChI is InChI=1S/C15H10ClFN2OS/c16-9-5-8(17)6-11-14(9)20-12(7-18-11)15-19-10-3-1-2-4-13(10)21-15/h1-6,12,18H,7H2. The Balaban J connectivity index is 1.71. The van der Waals surface area contributed by atoms with Gasteiger partial charge in [0.1, 0.15) is 10.8 Å². The molecule has 6 heteroatoms. The second-order valence-corrected chi connectivity index (χ2v) is 6.24. The van der Waals surface area contributed by atoms with E-state index in [1.165, 1.54) is 12.1 Å². The molecule has 0 spiro atoms. The molecule has 3 nitrogen and oxygen atoms in total. The first kappa shape index (κ1) is 12.9. The zero-order valence-corrected chi connectivity index (χ0v) is 12.3. The Hall–Kier alpha value is -1.85. The fraction of sp³-hybridized carbons (Fsp3) is 0.133. The third-order valence-corrected chi connectivity index (χ3v) is 4.74. The maximum Gasteiger partial charge on any atom is 0.167 e. The van der Waals surface area contributed by atoms with Crippen molar-refractivity contribution < 1.29 is 9.13 Å².